The Labute approximate surface area is 90.0 Å². The summed E-state index contributed by atoms with van der Waals surface area (Å²) in [6, 6.07) is 1.56. The van der Waals surface area contributed by atoms with Crippen LogP contribution in [0.25, 0.3) is 0 Å². The van der Waals surface area contributed by atoms with E-state index >= 15 is 0 Å². The molecule has 76 valence electrons. The molecular weight excluding hydrogens is 224 g/mol. The van der Waals surface area contributed by atoms with Gasteiger partial charge >= 0.3 is 0 Å². The number of primary amides is 1. The summed E-state index contributed by atoms with van der Waals surface area (Å²) in [4.78, 5) is 22.1. The molecule has 4 nitrogen and oxygen atoms in total. The Kier molecular flexibility index (Phi) is 3.49. The van der Waals surface area contributed by atoms with E-state index in [2.05, 4.69) is 5.32 Å². The van der Waals surface area contributed by atoms with Crippen molar-refractivity contribution in [2.75, 3.05) is 5.32 Å². The quantitative estimate of drug-likeness (QED) is 0.774. The number of nitrogens with one attached hydrogen (secondary N) is 1. The van der Waals surface area contributed by atoms with E-state index in [9.17, 15) is 9.59 Å². The number of carbonyl (C=O) groups excluding carboxylic acids is 2. The fourth-order valence-electron chi connectivity index (χ4n) is 0.811. The highest BCUT2D eigenvalue weighted by Crippen LogP contribution is 2.22. The molecule has 0 saturated carbocycles. The lowest BCUT2D eigenvalue weighted by Gasteiger charge is -2.04. The van der Waals surface area contributed by atoms with Crippen LogP contribution in [-0.4, -0.2) is 17.2 Å². The molecule has 0 aliphatic carbocycles. The lowest BCUT2D eigenvalue weighted by atomic mass is 10.3. The highest BCUT2D eigenvalue weighted by molar-refractivity contribution is 7.14. The largest absolute Gasteiger partial charge is 0.366 e. The zero-order valence-electron chi connectivity index (χ0n) is 7.41. The third-order valence-corrected chi connectivity index (χ3v) is 2.56. The van der Waals surface area contributed by atoms with Crippen LogP contribution >= 0.6 is 22.9 Å². The molecule has 0 aliphatic rings. The number of hydrogen-bond donors (Lipinski definition) is 2. The molecule has 0 saturated heterocycles. The first kappa shape index (κ1) is 11.0. The summed E-state index contributed by atoms with van der Waals surface area (Å²) >= 11 is 6.79. The highest BCUT2D eigenvalue weighted by atomic mass is 35.5. The van der Waals surface area contributed by atoms with Crippen molar-refractivity contribution < 1.29 is 9.59 Å². The predicted molar refractivity (Wildman–Crippen MR) is 56.8 cm³/mol. The molecule has 2 amide bonds. The minimum atomic E-state index is -0.641. The van der Waals surface area contributed by atoms with Crippen LogP contribution < -0.4 is 11.1 Å². The number of halogens is 1. The maximum absolute atomic E-state index is 11.2. The molecule has 1 aromatic rings. The van der Waals surface area contributed by atoms with Crippen molar-refractivity contribution in [3.63, 3.8) is 0 Å². The summed E-state index contributed by atoms with van der Waals surface area (Å²) in [7, 11) is 0. The summed E-state index contributed by atoms with van der Waals surface area (Å²) in [5, 5.41) is 3.99. The Balaban J connectivity index is 2.82. The second-order valence-corrected chi connectivity index (χ2v) is 4.20. The maximum atomic E-state index is 11.2. The highest BCUT2D eigenvalue weighted by Gasteiger charge is 2.14. The van der Waals surface area contributed by atoms with Gasteiger partial charge in [-0.1, -0.05) is 0 Å². The van der Waals surface area contributed by atoms with Crippen LogP contribution in [0, 0.1) is 0 Å². The third-order valence-electron chi connectivity index (χ3n) is 1.53. The second-order valence-electron chi connectivity index (χ2n) is 2.63. The van der Waals surface area contributed by atoms with Gasteiger partial charge in [-0.05, 0) is 18.4 Å². The van der Waals surface area contributed by atoms with Gasteiger partial charge in [0.05, 0.1) is 5.56 Å². The summed E-state index contributed by atoms with van der Waals surface area (Å²) in [6.07, 6.45) is 0. The van der Waals surface area contributed by atoms with Gasteiger partial charge < -0.3 is 11.1 Å². The first-order chi connectivity index (χ1) is 6.52. The molecule has 0 aromatic carbocycles. The van der Waals surface area contributed by atoms with Crippen LogP contribution in [0.15, 0.2) is 11.4 Å². The van der Waals surface area contributed by atoms with E-state index in [0.29, 0.717) is 10.6 Å². The van der Waals surface area contributed by atoms with E-state index in [0.717, 1.165) is 0 Å². The Bertz CT molecular complexity index is 362. The molecule has 3 N–H and O–H groups in total. The van der Waals surface area contributed by atoms with Crippen molar-refractivity contribution in [3.8, 4) is 0 Å². The molecule has 14 heavy (non-hydrogen) atoms. The Morgan fingerprint density at radius 2 is 2.29 bits per heavy atom. The third kappa shape index (κ3) is 2.46. The smallest absolute Gasteiger partial charge is 0.251 e. The van der Waals surface area contributed by atoms with Gasteiger partial charge in [0.25, 0.3) is 5.91 Å². The van der Waals surface area contributed by atoms with E-state index in [1.807, 2.05) is 0 Å². The molecule has 1 atom stereocenters. The minimum Gasteiger partial charge on any atom is -0.366 e. The minimum absolute atomic E-state index is 0.306. The summed E-state index contributed by atoms with van der Waals surface area (Å²) in [6.45, 7) is 1.55. The molecular formula is C8H9ClN2O2S. The first-order valence-corrected chi connectivity index (χ1v) is 5.16. The number of carbonyl (C=O) groups is 2. The summed E-state index contributed by atoms with van der Waals surface area (Å²) in [5.41, 5.74) is 5.40. The van der Waals surface area contributed by atoms with Crippen molar-refractivity contribution in [3.05, 3.63) is 17.0 Å². The normalized spacial score (nSPS) is 12.1. The average molecular weight is 233 g/mol. The maximum Gasteiger partial charge on any atom is 0.251 e. The lowest BCUT2D eigenvalue weighted by Crippen LogP contribution is -2.22. The Hall–Kier alpha value is -1.07. The van der Waals surface area contributed by atoms with Gasteiger partial charge in [-0.25, -0.2) is 0 Å². The molecule has 6 heteroatoms. The molecule has 0 unspecified atom stereocenters. The van der Waals surface area contributed by atoms with Crippen molar-refractivity contribution in [1.82, 2.24) is 0 Å². The van der Waals surface area contributed by atoms with E-state index in [-0.39, 0.29) is 5.91 Å². The zero-order chi connectivity index (χ0) is 10.7. The van der Waals surface area contributed by atoms with E-state index in [1.54, 1.807) is 18.4 Å². The van der Waals surface area contributed by atoms with Crippen LogP contribution in [0.3, 0.4) is 0 Å². The number of nitrogens with two attached hydrogens (primary N) is 1. The molecule has 0 bridgehead atoms. The topological polar surface area (TPSA) is 72.2 Å². The van der Waals surface area contributed by atoms with E-state index in [1.165, 1.54) is 11.3 Å². The van der Waals surface area contributed by atoms with Gasteiger partial charge in [0.1, 0.15) is 10.4 Å². The van der Waals surface area contributed by atoms with Crippen LogP contribution in [0.1, 0.15) is 17.3 Å². The lowest BCUT2D eigenvalue weighted by molar-refractivity contribution is -0.115. The van der Waals surface area contributed by atoms with Gasteiger partial charge in [-0.2, -0.15) is 0 Å². The van der Waals surface area contributed by atoms with Crippen LogP contribution in [0.4, 0.5) is 5.00 Å². The molecule has 0 aliphatic heterocycles. The SMILES string of the molecule is C[C@@H](Cl)C(=O)Nc1sccc1C(N)=O. The standard InChI is InChI=1S/C8H9ClN2O2S/c1-4(9)7(13)11-8-5(6(10)12)2-3-14-8/h2-4H,1H3,(H2,10,12)(H,11,13)/t4-/m1/s1. The second kappa shape index (κ2) is 4.43. The Morgan fingerprint density at radius 1 is 1.64 bits per heavy atom. The van der Waals surface area contributed by atoms with E-state index in [4.69, 9.17) is 17.3 Å². The average Bonchev–Trinajstić information content (AvgIpc) is 2.52. The fraction of sp³-hybridized carbons (Fsp3) is 0.250. The molecule has 0 fully saturated rings. The van der Waals surface area contributed by atoms with Gasteiger partial charge in [0, 0.05) is 0 Å². The number of alkyl halides is 1. The molecule has 1 heterocycles. The zero-order valence-corrected chi connectivity index (χ0v) is 8.98. The van der Waals surface area contributed by atoms with Crippen molar-refractivity contribution in [1.29, 1.82) is 0 Å². The predicted octanol–water partition coefficient (Wildman–Crippen LogP) is 1.41. The summed E-state index contributed by atoms with van der Waals surface area (Å²) < 4.78 is 0. The van der Waals surface area contributed by atoms with Crippen molar-refractivity contribution in [2.45, 2.75) is 12.3 Å². The number of rotatable bonds is 3. The van der Waals surface area contributed by atoms with Crippen LogP contribution in [0.5, 0.6) is 0 Å². The van der Waals surface area contributed by atoms with Gasteiger partial charge in [-0.3, -0.25) is 9.59 Å². The first-order valence-electron chi connectivity index (χ1n) is 3.84. The van der Waals surface area contributed by atoms with Gasteiger partial charge in [0.15, 0.2) is 0 Å². The summed E-state index contributed by atoms with van der Waals surface area (Å²) in [5.74, 6) is -0.916. The monoisotopic (exact) mass is 232 g/mol. The van der Waals surface area contributed by atoms with Crippen LogP contribution in [0.2, 0.25) is 0 Å². The number of thiophene rings is 1. The fourth-order valence-corrected chi connectivity index (χ4v) is 1.66. The van der Waals surface area contributed by atoms with E-state index < -0.39 is 11.3 Å². The van der Waals surface area contributed by atoms with Gasteiger partial charge in [0.2, 0.25) is 5.91 Å². The van der Waals surface area contributed by atoms with Crippen molar-refractivity contribution in [2.24, 2.45) is 5.73 Å². The van der Waals surface area contributed by atoms with Crippen LogP contribution in [-0.2, 0) is 4.79 Å². The number of anilines is 1. The van der Waals surface area contributed by atoms with Crippen molar-refractivity contribution >= 4 is 39.8 Å². The molecule has 1 aromatic heterocycles. The number of amides is 2. The molecule has 1 rings (SSSR count). The van der Waals surface area contributed by atoms with Gasteiger partial charge in [-0.15, -0.1) is 22.9 Å². The molecule has 0 spiro atoms. The molecule has 0 radical (unpaired) electrons. The number of hydrogen-bond acceptors (Lipinski definition) is 3. The Morgan fingerprint density at radius 3 is 2.79 bits per heavy atom.